The maximum absolute atomic E-state index is 4.71. The minimum atomic E-state index is 0.849. The van der Waals surface area contributed by atoms with Crippen molar-refractivity contribution < 1.29 is 0 Å². The Morgan fingerprint density at radius 1 is 1.27 bits per heavy atom. The maximum atomic E-state index is 4.71. The Morgan fingerprint density at radius 3 is 2.95 bits per heavy atom. The smallest absolute Gasteiger partial charge is 0.185 e. The van der Waals surface area contributed by atoms with E-state index < -0.39 is 0 Å². The normalized spacial score (nSPS) is 14.4. The van der Waals surface area contributed by atoms with Crippen LogP contribution in [0.3, 0.4) is 0 Å². The van der Waals surface area contributed by atoms with Crippen molar-refractivity contribution in [3.8, 4) is 0 Å². The van der Waals surface area contributed by atoms with Crippen molar-refractivity contribution in [1.29, 1.82) is 0 Å². The highest BCUT2D eigenvalue weighted by Gasteiger charge is 2.24. The molecule has 7 nitrogen and oxygen atoms in total. The molecule has 3 aromatic heterocycles. The summed E-state index contributed by atoms with van der Waals surface area (Å²) >= 11 is 1.76. The van der Waals surface area contributed by atoms with Gasteiger partial charge < -0.3 is 9.80 Å². The predicted octanol–water partition coefficient (Wildman–Crippen LogP) is 1.45. The van der Waals surface area contributed by atoms with E-state index in [0.717, 1.165) is 41.5 Å². The molecular weight excluding hydrogens is 298 g/mol. The standard InChI is InChI=1S/C14H17N7S/c1-19(2)14-18-10-4-5-21(7-11(10)22-14)13-9-6-17-20(3)12(9)15-8-16-13/h6,8H,4-5,7H2,1-3H3. The van der Waals surface area contributed by atoms with E-state index in [9.17, 15) is 0 Å². The van der Waals surface area contributed by atoms with E-state index in [1.165, 1.54) is 10.6 Å². The molecule has 8 heteroatoms. The van der Waals surface area contributed by atoms with Crippen LogP contribution in [0, 0.1) is 0 Å². The highest BCUT2D eigenvalue weighted by molar-refractivity contribution is 7.15. The van der Waals surface area contributed by atoms with Gasteiger partial charge in [-0.3, -0.25) is 4.68 Å². The summed E-state index contributed by atoms with van der Waals surface area (Å²) < 4.78 is 1.78. The molecule has 0 radical (unpaired) electrons. The lowest BCUT2D eigenvalue weighted by atomic mass is 10.1. The van der Waals surface area contributed by atoms with Gasteiger partial charge in [-0.25, -0.2) is 15.0 Å². The fraction of sp³-hybridized carbons (Fsp3) is 0.429. The van der Waals surface area contributed by atoms with E-state index in [-0.39, 0.29) is 0 Å². The third kappa shape index (κ3) is 2.02. The molecular formula is C14H17N7S. The van der Waals surface area contributed by atoms with Crippen molar-refractivity contribution in [1.82, 2.24) is 24.7 Å². The molecule has 1 aliphatic heterocycles. The highest BCUT2D eigenvalue weighted by atomic mass is 32.1. The van der Waals surface area contributed by atoms with Crippen molar-refractivity contribution in [3.05, 3.63) is 23.1 Å². The molecule has 0 amide bonds. The first-order chi connectivity index (χ1) is 10.6. The summed E-state index contributed by atoms with van der Waals surface area (Å²) in [4.78, 5) is 19.2. The summed E-state index contributed by atoms with van der Waals surface area (Å²) in [5, 5.41) is 6.37. The predicted molar refractivity (Wildman–Crippen MR) is 87.5 cm³/mol. The summed E-state index contributed by atoms with van der Waals surface area (Å²) in [5.74, 6) is 0.962. The molecule has 0 atom stereocenters. The Morgan fingerprint density at radius 2 is 2.14 bits per heavy atom. The number of anilines is 2. The van der Waals surface area contributed by atoms with E-state index >= 15 is 0 Å². The summed E-state index contributed by atoms with van der Waals surface area (Å²) in [7, 11) is 5.97. The van der Waals surface area contributed by atoms with Crippen LogP contribution in [0.25, 0.3) is 11.0 Å². The van der Waals surface area contributed by atoms with Crippen molar-refractivity contribution >= 4 is 33.3 Å². The number of aromatic nitrogens is 5. The number of rotatable bonds is 2. The van der Waals surface area contributed by atoms with Gasteiger partial charge in [-0.15, -0.1) is 0 Å². The fourth-order valence-corrected chi connectivity index (χ4v) is 3.80. The first-order valence-electron chi connectivity index (χ1n) is 7.17. The zero-order chi connectivity index (χ0) is 15.3. The molecule has 0 fully saturated rings. The fourth-order valence-electron chi connectivity index (χ4n) is 2.76. The van der Waals surface area contributed by atoms with Gasteiger partial charge in [0.2, 0.25) is 0 Å². The first kappa shape index (κ1) is 13.4. The number of aryl methyl sites for hydroxylation is 1. The van der Waals surface area contributed by atoms with Gasteiger partial charge in [0.1, 0.15) is 12.1 Å². The Bertz CT molecular complexity index is 835. The van der Waals surface area contributed by atoms with Gasteiger partial charge in [0.15, 0.2) is 10.8 Å². The zero-order valence-electron chi connectivity index (χ0n) is 12.8. The lowest BCUT2D eigenvalue weighted by Crippen LogP contribution is -2.30. The van der Waals surface area contributed by atoms with Gasteiger partial charge in [-0.05, 0) is 0 Å². The summed E-state index contributed by atoms with van der Waals surface area (Å²) in [6.45, 7) is 1.77. The molecule has 22 heavy (non-hydrogen) atoms. The van der Waals surface area contributed by atoms with Crippen LogP contribution < -0.4 is 9.80 Å². The molecule has 0 N–H and O–H groups in total. The molecule has 0 saturated heterocycles. The molecule has 4 heterocycles. The molecule has 0 saturated carbocycles. The number of fused-ring (bicyclic) bond motifs is 2. The average Bonchev–Trinajstić information content (AvgIpc) is 3.10. The van der Waals surface area contributed by atoms with Crippen LogP contribution in [0.15, 0.2) is 12.5 Å². The van der Waals surface area contributed by atoms with Gasteiger partial charge in [-0.1, -0.05) is 11.3 Å². The van der Waals surface area contributed by atoms with E-state index in [2.05, 4.69) is 24.9 Å². The zero-order valence-corrected chi connectivity index (χ0v) is 13.6. The van der Waals surface area contributed by atoms with Gasteiger partial charge in [-0.2, -0.15) is 5.10 Å². The number of thiazole rings is 1. The van der Waals surface area contributed by atoms with Crippen LogP contribution >= 0.6 is 11.3 Å². The van der Waals surface area contributed by atoms with Gasteiger partial charge in [0.05, 0.1) is 23.8 Å². The third-order valence-electron chi connectivity index (χ3n) is 3.91. The van der Waals surface area contributed by atoms with Crippen LogP contribution in [0.4, 0.5) is 10.9 Å². The monoisotopic (exact) mass is 315 g/mol. The molecule has 1 aliphatic rings. The van der Waals surface area contributed by atoms with Gasteiger partial charge in [0.25, 0.3) is 0 Å². The summed E-state index contributed by atoms with van der Waals surface area (Å²) in [5.41, 5.74) is 2.09. The Hall–Kier alpha value is -2.22. The van der Waals surface area contributed by atoms with E-state index in [1.54, 1.807) is 22.3 Å². The largest absolute Gasteiger partial charge is 0.354 e. The Balaban J connectivity index is 1.71. The maximum Gasteiger partial charge on any atom is 0.185 e. The Kier molecular flexibility index (Phi) is 3.00. The molecule has 0 spiro atoms. The Labute approximate surface area is 132 Å². The van der Waals surface area contributed by atoms with Crippen LogP contribution in [-0.4, -0.2) is 45.4 Å². The number of hydrogen-bond acceptors (Lipinski definition) is 7. The molecule has 4 rings (SSSR count). The number of hydrogen-bond donors (Lipinski definition) is 0. The average molecular weight is 315 g/mol. The highest BCUT2D eigenvalue weighted by Crippen LogP contribution is 2.33. The van der Waals surface area contributed by atoms with Crippen LogP contribution in [0.2, 0.25) is 0 Å². The second-order valence-corrected chi connectivity index (χ2v) is 6.70. The SMILES string of the molecule is CN(C)c1nc2c(s1)CN(c1ncnc3c1cnn3C)CC2. The quantitative estimate of drug-likeness (QED) is 0.713. The van der Waals surface area contributed by atoms with Crippen molar-refractivity contribution in [2.75, 3.05) is 30.4 Å². The lowest BCUT2D eigenvalue weighted by molar-refractivity contribution is 0.720. The number of nitrogens with zero attached hydrogens (tertiary/aromatic N) is 7. The molecule has 0 bridgehead atoms. The van der Waals surface area contributed by atoms with Crippen LogP contribution in [0.1, 0.15) is 10.6 Å². The molecule has 0 unspecified atom stereocenters. The molecule has 0 aromatic carbocycles. The van der Waals surface area contributed by atoms with Crippen molar-refractivity contribution in [3.63, 3.8) is 0 Å². The molecule has 114 valence electrons. The summed E-state index contributed by atoms with van der Waals surface area (Å²) in [6, 6.07) is 0. The minimum absolute atomic E-state index is 0.849. The topological polar surface area (TPSA) is 63.0 Å². The lowest BCUT2D eigenvalue weighted by Gasteiger charge is -2.27. The third-order valence-corrected chi connectivity index (χ3v) is 5.16. The van der Waals surface area contributed by atoms with E-state index in [0.29, 0.717) is 0 Å². The van der Waals surface area contributed by atoms with Gasteiger partial charge in [0, 0.05) is 39.0 Å². The second-order valence-electron chi connectivity index (χ2n) is 5.64. The van der Waals surface area contributed by atoms with Crippen molar-refractivity contribution in [2.24, 2.45) is 7.05 Å². The molecule has 3 aromatic rings. The first-order valence-corrected chi connectivity index (χ1v) is 7.98. The van der Waals surface area contributed by atoms with Gasteiger partial charge >= 0.3 is 0 Å². The summed E-state index contributed by atoms with van der Waals surface area (Å²) in [6.07, 6.45) is 4.41. The van der Waals surface area contributed by atoms with Crippen LogP contribution in [0.5, 0.6) is 0 Å². The van der Waals surface area contributed by atoms with E-state index in [1.807, 2.05) is 27.3 Å². The molecule has 0 aliphatic carbocycles. The van der Waals surface area contributed by atoms with Crippen LogP contribution in [-0.2, 0) is 20.0 Å². The van der Waals surface area contributed by atoms with E-state index in [4.69, 9.17) is 4.98 Å². The minimum Gasteiger partial charge on any atom is -0.354 e. The van der Waals surface area contributed by atoms with Crippen molar-refractivity contribution in [2.45, 2.75) is 13.0 Å². The second kappa shape index (κ2) is 4.91.